The van der Waals surface area contributed by atoms with Gasteiger partial charge in [-0.05, 0) is 50.7 Å². The Hall–Kier alpha value is -3.20. The summed E-state index contributed by atoms with van der Waals surface area (Å²) in [7, 11) is 1.30. The van der Waals surface area contributed by atoms with Crippen LogP contribution in [0.3, 0.4) is 0 Å². The Morgan fingerprint density at radius 2 is 1.90 bits per heavy atom. The van der Waals surface area contributed by atoms with Crippen LogP contribution in [0.25, 0.3) is 0 Å². The number of aliphatic hydroxyl groups is 1. The fraction of sp³-hybridized carbons (Fsp3) is 0.625. The Labute approximate surface area is 240 Å². The molecule has 5 rings (SSSR count). The summed E-state index contributed by atoms with van der Waals surface area (Å²) in [5, 5.41) is 12.8. The van der Waals surface area contributed by atoms with E-state index in [0.717, 1.165) is 0 Å². The van der Waals surface area contributed by atoms with Crippen LogP contribution in [0.4, 0.5) is 0 Å². The second kappa shape index (κ2) is 9.68. The molecule has 3 fully saturated rings. The number of rotatable bonds is 5. The number of methoxy groups -OCH3 is 1. The number of hydrogen-bond donors (Lipinski definition) is 1. The highest BCUT2D eigenvalue weighted by Gasteiger charge is 2.74. The van der Waals surface area contributed by atoms with E-state index in [1.54, 1.807) is 26.0 Å². The van der Waals surface area contributed by atoms with Gasteiger partial charge in [0.05, 0.1) is 31.2 Å². The van der Waals surface area contributed by atoms with Crippen molar-refractivity contribution >= 4 is 23.7 Å². The van der Waals surface area contributed by atoms with Crippen LogP contribution >= 0.6 is 0 Å². The Morgan fingerprint density at radius 3 is 2.51 bits per heavy atom. The average molecular weight is 569 g/mol. The third-order valence-corrected chi connectivity index (χ3v) is 11.0. The lowest BCUT2D eigenvalue weighted by molar-refractivity contribution is -0.234. The smallest absolute Gasteiger partial charge is 0.333 e. The highest BCUT2D eigenvalue weighted by molar-refractivity contribution is 5.93. The number of Topliss-reactive ketones (excluding diaryl/α,β-unsaturated/α-hetero) is 1. The molecule has 2 bridgehead atoms. The number of fused-ring (bicyclic) bond motifs is 6. The van der Waals surface area contributed by atoms with Crippen molar-refractivity contribution in [3.8, 4) is 0 Å². The lowest BCUT2D eigenvalue weighted by atomic mass is 9.37. The minimum absolute atomic E-state index is 0.0138. The molecule has 0 radical (unpaired) electrons. The van der Waals surface area contributed by atoms with Gasteiger partial charge in [0.25, 0.3) is 0 Å². The van der Waals surface area contributed by atoms with Crippen LogP contribution in [0.1, 0.15) is 78.9 Å². The number of ether oxygens (including phenoxy) is 3. The van der Waals surface area contributed by atoms with Gasteiger partial charge < -0.3 is 23.7 Å². The van der Waals surface area contributed by atoms with Crippen molar-refractivity contribution in [3.05, 3.63) is 47.5 Å². The molecule has 0 unspecified atom stereocenters. The normalized spacial score (nSPS) is 39.6. The van der Waals surface area contributed by atoms with Gasteiger partial charge in [-0.25, -0.2) is 9.59 Å². The summed E-state index contributed by atoms with van der Waals surface area (Å²) in [4.78, 5) is 53.4. The fourth-order valence-electron chi connectivity index (χ4n) is 8.80. The Kier molecular flexibility index (Phi) is 6.92. The van der Waals surface area contributed by atoms with Crippen molar-refractivity contribution in [2.75, 3.05) is 7.11 Å². The van der Waals surface area contributed by atoms with Crippen LogP contribution < -0.4 is 0 Å². The van der Waals surface area contributed by atoms with Gasteiger partial charge in [-0.15, -0.1) is 0 Å². The minimum Gasteiger partial charge on any atom is -0.472 e. The van der Waals surface area contributed by atoms with Crippen molar-refractivity contribution in [3.63, 3.8) is 0 Å². The maximum absolute atomic E-state index is 14.5. The van der Waals surface area contributed by atoms with E-state index in [9.17, 15) is 24.3 Å². The van der Waals surface area contributed by atoms with Gasteiger partial charge in [-0.3, -0.25) is 9.59 Å². The molecule has 1 aromatic rings. The molecule has 3 saturated carbocycles. The average Bonchev–Trinajstić information content (AvgIpc) is 3.46. The van der Waals surface area contributed by atoms with E-state index in [1.165, 1.54) is 25.7 Å². The summed E-state index contributed by atoms with van der Waals surface area (Å²) in [6, 6.07) is 1.75. The molecule has 8 atom stereocenters. The van der Waals surface area contributed by atoms with E-state index >= 15 is 0 Å². The molecule has 9 heteroatoms. The molecule has 4 aliphatic rings. The number of esters is 3. The first kappa shape index (κ1) is 29.3. The van der Waals surface area contributed by atoms with E-state index in [2.05, 4.69) is 0 Å². The van der Waals surface area contributed by atoms with Crippen LogP contribution in [0, 0.1) is 34.0 Å². The van der Waals surface area contributed by atoms with Crippen molar-refractivity contribution < 1.29 is 42.9 Å². The molecule has 1 N–H and O–H groups in total. The third kappa shape index (κ3) is 4.06. The first-order valence-electron chi connectivity index (χ1n) is 14.3. The second-order valence-electron chi connectivity index (χ2n) is 13.3. The molecule has 9 nitrogen and oxygen atoms in total. The van der Waals surface area contributed by atoms with Gasteiger partial charge in [-0.1, -0.05) is 33.8 Å². The van der Waals surface area contributed by atoms with Gasteiger partial charge in [0.1, 0.15) is 18.0 Å². The zero-order chi connectivity index (χ0) is 30.1. The molecule has 41 heavy (non-hydrogen) atoms. The number of cyclic esters (lactones) is 1. The van der Waals surface area contributed by atoms with Gasteiger partial charge in [0.2, 0.25) is 0 Å². The minimum atomic E-state index is -1.59. The van der Waals surface area contributed by atoms with E-state index in [-0.39, 0.29) is 18.6 Å². The first-order valence-corrected chi connectivity index (χ1v) is 14.3. The molecule has 3 aliphatic carbocycles. The molecule has 0 spiro atoms. The van der Waals surface area contributed by atoms with Crippen LogP contribution in [0.5, 0.6) is 0 Å². The number of ketones is 1. The number of hydrogen-bond acceptors (Lipinski definition) is 9. The predicted molar refractivity (Wildman–Crippen MR) is 146 cm³/mol. The van der Waals surface area contributed by atoms with Crippen LogP contribution in [0.15, 0.2) is 46.3 Å². The summed E-state index contributed by atoms with van der Waals surface area (Å²) in [6.45, 7) is 11.0. The quantitative estimate of drug-likeness (QED) is 0.307. The van der Waals surface area contributed by atoms with E-state index in [1.807, 2.05) is 27.7 Å². The molecule has 0 aromatic carbocycles. The van der Waals surface area contributed by atoms with Crippen LogP contribution in [-0.4, -0.2) is 47.6 Å². The second-order valence-corrected chi connectivity index (χ2v) is 13.3. The summed E-state index contributed by atoms with van der Waals surface area (Å²) in [5.41, 5.74) is -2.75. The van der Waals surface area contributed by atoms with Crippen LogP contribution in [0.2, 0.25) is 0 Å². The van der Waals surface area contributed by atoms with Crippen molar-refractivity contribution in [1.82, 2.24) is 0 Å². The number of carbonyl (C=O) groups is 4. The largest absolute Gasteiger partial charge is 0.472 e. The topological polar surface area (TPSA) is 129 Å². The summed E-state index contributed by atoms with van der Waals surface area (Å²) in [5.74, 6) is -3.81. The van der Waals surface area contributed by atoms with Gasteiger partial charge in [0.15, 0.2) is 0 Å². The Balaban J connectivity index is 1.68. The number of carbonyl (C=O) groups excluding carboxylic acids is 4. The first-order chi connectivity index (χ1) is 19.2. The van der Waals surface area contributed by atoms with Crippen molar-refractivity contribution in [2.24, 2.45) is 34.0 Å². The summed E-state index contributed by atoms with van der Waals surface area (Å²) in [6.07, 6.45) is 5.37. The molecule has 0 saturated heterocycles. The molecule has 2 heterocycles. The SMILES string of the molecule is CC=C(C)C(=O)O[C@@H]1[C@H]2C[C@]3(O)C4=CC(=O)O[C@@H](c5ccoc5)[C@]4(C)CC[C@@H]3[C@@](C)(C2=O)[C@@H](CC(=O)OC)C1(C)C. The third-order valence-electron chi connectivity index (χ3n) is 11.0. The van der Waals surface area contributed by atoms with E-state index < -0.39 is 69.7 Å². The monoisotopic (exact) mass is 568 g/mol. The zero-order valence-corrected chi connectivity index (χ0v) is 24.8. The van der Waals surface area contributed by atoms with Gasteiger partial charge >= 0.3 is 17.9 Å². The standard InChI is InChI=1S/C32H40O9/c1-8-17(2)28(36)41-27-19-15-32(37)20(31(6,25(19)35)21(29(27,3)4)13-23(33)38-7)9-11-30(5)22(32)14-24(34)40-26(30)18-10-12-39-16-18/h8,10,12,14,16,19-21,26-27,37H,9,11,13,15H2,1-7H3/t19-,20+,21-,26-,27+,30+,31+,32+/m0/s1. The molecule has 0 amide bonds. The lowest BCUT2D eigenvalue weighted by Crippen LogP contribution is -2.73. The number of furan rings is 1. The predicted octanol–water partition coefficient (Wildman–Crippen LogP) is 4.64. The highest BCUT2D eigenvalue weighted by atomic mass is 16.6. The summed E-state index contributed by atoms with van der Waals surface area (Å²) >= 11 is 0. The fourth-order valence-corrected chi connectivity index (χ4v) is 8.80. The summed E-state index contributed by atoms with van der Waals surface area (Å²) < 4.78 is 22.2. The molecule has 1 aromatic heterocycles. The maximum atomic E-state index is 14.5. The van der Waals surface area contributed by atoms with Crippen molar-refractivity contribution in [2.45, 2.75) is 85.0 Å². The van der Waals surface area contributed by atoms with Crippen LogP contribution in [-0.2, 0) is 33.4 Å². The molecule has 1 aliphatic heterocycles. The van der Waals surface area contributed by atoms with Gasteiger partial charge in [0, 0.05) is 45.8 Å². The van der Waals surface area contributed by atoms with Gasteiger partial charge in [-0.2, -0.15) is 0 Å². The highest BCUT2D eigenvalue weighted by Crippen LogP contribution is 2.70. The van der Waals surface area contributed by atoms with E-state index in [0.29, 0.717) is 29.6 Å². The van der Waals surface area contributed by atoms with Crippen molar-refractivity contribution in [1.29, 1.82) is 0 Å². The molecular weight excluding hydrogens is 528 g/mol. The van der Waals surface area contributed by atoms with E-state index in [4.69, 9.17) is 18.6 Å². The zero-order valence-electron chi connectivity index (χ0n) is 24.8. The molecular formula is C32H40O9. The lowest BCUT2D eigenvalue weighted by Gasteiger charge is -2.67. The number of allylic oxidation sites excluding steroid dienone is 1. The maximum Gasteiger partial charge on any atom is 0.333 e. The Morgan fingerprint density at radius 1 is 1.20 bits per heavy atom. The Bertz CT molecular complexity index is 1340. The molecule has 222 valence electrons.